The number of nitrogens with one attached hydrogen (secondary N) is 1. The number of thiophene rings is 1. The largest absolute Gasteiger partial charge is 0.368 e. The van der Waals surface area contributed by atoms with Crippen molar-refractivity contribution in [2.75, 3.05) is 16.8 Å². The second kappa shape index (κ2) is 9.76. The molecule has 6 nitrogen and oxygen atoms in total. The predicted octanol–water partition coefficient (Wildman–Crippen LogP) is 4.42. The van der Waals surface area contributed by atoms with Crippen molar-refractivity contribution >= 4 is 29.3 Å². The number of amides is 1. The van der Waals surface area contributed by atoms with E-state index in [0.29, 0.717) is 18.9 Å². The van der Waals surface area contributed by atoms with Crippen molar-refractivity contribution in [1.29, 1.82) is 0 Å². The number of carbonyl (C=O) groups excluding carboxylic acids is 1. The van der Waals surface area contributed by atoms with Crippen LogP contribution in [0.5, 0.6) is 0 Å². The molecule has 7 heteroatoms. The molecule has 4 heterocycles. The SMILES string of the molecule is O=CN(Cc1cccnc1)c1ccc(-c2cccs2)nc1NCCc1ccccn1. The number of aromatic nitrogens is 3. The molecule has 0 aliphatic rings. The van der Waals surface area contributed by atoms with Crippen LogP contribution < -0.4 is 10.2 Å². The van der Waals surface area contributed by atoms with E-state index >= 15 is 0 Å². The third kappa shape index (κ3) is 4.87. The fraction of sp³-hybridized carbons (Fsp3) is 0.130. The first-order chi connectivity index (χ1) is 14.8. The number of nitrogens with zero attached hydrogens (tertiary/aromatic N) is 4. The molecule has 0 fully saturated rings. The summed E-state index contributed by atoms with van der Waals surface area (Å²) >= 11 is 1.64. The molecule has 0 radical (unpaired) electrons. The van der Waals surface area contributed by atoms with Gasteiger partial charge in [-0.25, -0.2) is 4.98 Å². The summed E-state index contributed by atoms with van der Waals surface area (Å²) in [5.74, 6) is 0.674. The number of rotatable bonds is 9. The molecule has 0 atom stereocenters. The van der Waals surface area contributed by atoms with Crippen LogP contribution in [0.3, 0.4) is 0 Å². The second-order valence-electron chi connectivity index (χ2n) is 6.63. The molecular weight excluding hydrogens is 394 g/mol. The van der Waals surface area contributed by atoms with Crippen LogP contribution in [0.2, 0.25) is 0 Å². The Bertz CT molecular complexity index is 1070. The Hall–Kier alpha value is -3.58. The molecule has 0 aliphatic carbocycles. The molecular formula is C23H21N5OS. The molecule has 0 saturated heterocycles. The molecule has 150 valence electrons. The van der Waals surface area contributed by atoms with Crippen molar-refractivity contribution in [3.8, 4) is 10.6 Å². The van der Waals surface area contributed by atoms with Crippen molar-refractivity contribution in [2.24, 2.45) is 0 Å². The number of hydrogen-bond donors (Lipinski definition) is 1. The maximum Gasteiger partial charge on any atom is 0.214 e. The molecule has 30 heavy (non-hydrogen) atoms. The van der Waals surface area contributed by atoms with E-state index < -0.39 is 0 Å². The first-order valence-electron chi connectivity index (χ1n) is 9.63. The minimum atomic E-state index is 0.423. The van der Waals surface area contributed by atoms with Crippen molar-refractivity contribution < 1.29 is 4.79 Å². The molecule has 0 bridgehead atoms. The third-order valence-electron chi connectivity index (χ3n) is 4.56. The standard InChI is InChI=1S/C23H21N5OS/c29-17-28(16-18-5-3-11-24-15-18)21-9-8-20(22-7-4-14-30-22)27-23(21)26-13-10-19-6-1-2-12-25-19/h1-9,11-12,14-15,17H,10,13,16H2,(H,26,27). The summed E-state index contributed by atoms with van der Waals surface area (Å²) in [5, 5.41) is 5.43. The average molecular weight is 416 g/mol. The van der Waals surface area contributed by atoms with Gasteiger partial charge in [-0.3, -0.25) is 14.8 Å². The highest BCUT2D eigenvalue weighted by atomic mass is 32.1. The van der Waals surface area contributed by atoms with Gasteiger partial charge in [-0.15, -0.1) is 11.3 Å². The van der Waals surface area contributed by atoms with Gasteiger partial charge in [0.05, 0.1) is 22.8 Å². The molecule has 0 saturated carbocycles. The number of pyridine rings is 3. The number of anilines is 2. The van der Waals surface area contributed by atoms with Crippen LogP contribution in [-0.2, 0) is 17.8 Å². The molecule has 4 aromatic heterocycles. The van der Waals surface area contributed by atoms with Crippen LogP contribution in [0.25, 0.3) is 10.6 Å². The van der Waals surface area contributed by atoms with Crippen LogP contribution in [-0.4, -0.2) is 27.9 Å². The summed E-state index contributed by atoms with van der Waals surface area (Å²) in [5.41, 5.74) is 3.56. The Labute approximate surface area is 179 Å². The van der Waals surface area contributed by atoms with E-state index in [2.05, 4.69) is 15.3 Å². The van der Waals surface area contributed by atoms with Gasteiger partial charge in [0, 0.05) is 37.3 Å². The zero-order chi connectivity index (χ0) is 20.6. The summed E-state index contributed by atoms with van der Waals surface area (Å²) in [6.07, 6.45) is 6.86. The maximum atomic E-state index is 11.9. The maximum absolute atomic E-state index is 11.9. The zero-order valence-corrected chi connectivity index (χ0v) is 17.1. The van der Waals surface area contributed by atoms with Gasteiger partial charge in [0.2, 0.25) is 6.41 Å². The summed E-state index contributed by atoms with van der Waals surface area (Å²) in [7, 11) is 0. The highest BCUT2D eigenvalue weighted by Crippen LogP contribution is 2.30. The third-order valence-corrected chi connectivity index (χ3v) is 5.45. The van der Waals surface area contributed by atoms with E-state index in [9.17, 15) is 4.79 Å². The monoisotopic (exact) mass is 415 g/mol. The fourth-order valence-corrected chi connectivity index (χ4v) is 3.79. The lowest BCUT2D eigenvalue weighted by atomic mass is 10.2. The lowest BCUT2D eigenvalue weighted by Crippen LogP contribution is -2.23. The van der Waals surface area contributed by atoms with Crippen molar-refractivity contribution in [3.05, 3.63) is 89.8 Å². The summed E-state index contributed by atoms with van der Waals surface area (Å²) < 4.78 is 0. The smallest absolute Gasteiger partial charge is 0.214 e. The normalized spacial score (nSPS) is 10.5. The lowest BCUT2D eigenvalue weighted by molar-refractivity contribution is -0.107. The number of hydrogen-bond acceptors (Lipinski definition) is 6. The van der Waals surface area contributed by atoms with Gasteiger partial charge in [0.25, 0.3) is 0 Å². The molecule has 4 rings (SSSR count). The summed E-state index contributed by atoms with van der Waals surface area (Å²) in [6, 6.07) is 17.6. The molecule has 1 amide bonds. The predicted molar refractivity (Wildman–Crippen MR) is 120 cm³/mol. The minimum Gasteiger partial charge on any atom is -0.368 e. The topological polar surface area (TPSA) is 71.0 Å². The first-order valence-corrected chi connectivity index (χ1v) is 10.5. The van der Waals surface area contributed by atoms with Gasteiger partial charge in [0.1, 0.15) is 0 Å². The van der Waals surface area contributed by atoms with Gasteiger partial charge in [-0.05, 0) is 47.3 Å². The Balaban J connectivity index is 1.59. The lowest BCUT2D eigenvalue weighted by Gasteiger charge is -2.21. The second-order valence-corrected chi connectivity index (χ2v) is 7.58. The van der Waals surface area contributed by atoms with Gasteiger partial charge < -0.3 is 10.2 Å². The quantitative estimate of drug-likeness (QED) is 0.410. The molecule has 4 aromatic rings. The van der Waals surface area contributed by atoms with Crippen LogP contribution in [0, 0.1) is 0 Å². The van der Waals surface area contributed by atoms with E-state index in [0.717, 1.165) is 40.3 Å². The van der Waals surface area contributed by atoms with Gasteiger partial charge in [0.15, 0.2) is 5.82 Å². The minimum absolute atomic E-state index is 0.423. The zero-order valence-electron chi connectivity index (χ0n) is 16.3. The Morgan fingerprint density at radius 3 is 2.73 bits per heavy atom. The Morgan fingerprint density at radius 1 is 1.03 bits per heavy atom. The fourth-order valence-electron chi connectivity index (χ4n) is 3.10. The van der Waals surface area contributed by atoms with Crippen LogP contribution >= 0.6 is 11.3 Å². The molecule has 1 N–H and O–H groups in total. The summed E-state index contributed by atoms with van der Waals surface area (Å²) in [4.78, 5) is 28.0. The number of carbonyl (C=O) groups is 1. The van der Waals surface area contributed by atoms with Crippen molar-refractivity contribution in [2.45, 2.75) is 13.0 Å². The molecule has 0 aliphatic heterocycles. The van der Waals surface area contributed by atoms with Crippen molar-refractivity contribution in [3.63, 3.8) is 0 Å². The first kappa shape index (κ1) is 19.7. The Kier molecular flexibility index (Phi) is 6.41. The van der Waals surface area contributed by atoms with E-state index in [1.165, 1.54) is 0 Å². The van der Waals surface area contributed by atoms with Crippen molar-refractivity contribution in [1.82, 2.24) is 15.0 Å². The molecule has 0 spiro atoms. The van der Waals surface area contributed by atoms with E-state index in [-0.39, 0.29) is 0 Å². The average Bonchev–Trinajstić information content (AvgIpc) is 3.34. The highest BCUT2D eigenvalue weighted by molar-refractivity contribution is 7.13. The van der Waals surface area contributed by atoms with E-state index in [4.69, 9.17) is 4.98 Å². The molecule has 0 aromatic carbocycles. The molecule has 0 unspecified atom stereocenters. The van der Waals surface area contributed by atoms with Crippen LogP contribution in [0.15, 0.2) is 78.6 Å². The summed E-state index contributed by atoms with van der Waals surface area (Å²) in [6.45, 7) is 1.08. The van der Waals surface area contributed by atoms with Crippen LogP contribution in [0.4, 0.5) is 11.5 Å². The van der Waals surface area contributed by atoms with E-state index in [1.54, 1.807) is 34.8 Å². The highest BCUT2D eigenvalue weighted by Gasteiger charge is 2.15. The van der Waals surface area contributed by atoms with Gasteiger partial charge in [-0.2, -0.15) is 0 Å². The van der Waals surface area contributed by atoms with Crippen LogP contribution in [0.1, 0.15) is 11.3 Å². The van der Waals surface area contributed by atoms with Gasteiger partial charge >= 0.3 is 0 Å². The Morgan fingerprint density at radius 2 is 2.00 bits per heavy atom. The van der Waals surface area contributed by atoms with E-state index in [1.807, 2.05) is 60.0 Å². The van der Waals surface area contributed by atoms with Gasteiger partial charge in [-0.1, -0.05) is 18.2 Å².